The Labute approximate surface area is 166 Å². The summed E-state index contributed by atoms with van der Waals surface area (Å²) in [6, 6.07) is 1.95. The van der Waals surface area contributed by atoms with Crippen molar-refractivity contribution in [1.82, 2.24) is 10.6 Å². The molecule has 0 aliphatic heterocycles. The molecule has 0 fully saturated rings. The van der Waals surface area contributed by atoms with Crippen molar-refractivity contribution in [2.75, 3.05) is 6.54 Å². The lowest BCUT2D eigenvalue weighted by Crippen LogP contribution is -2.53. The van der Waals surface area contributed by atoms with E-state index in [-0.39, 0.29) is 29.2 Å². The van der Waals surface area contributed by atoms with Crippen LogP contribution >= 0.6 is 0 Å². The fourth-order valence-corrected chi connectivity index (χ4v) is 2.99. The Morgan fingerprint density at radius 1 is 1.17 bits per heavy atom. The zero-order valence-corrected chi connectivity index (χ0v) is 16.6. The maximum atomic E-state index is 12.3. The number of carbonyl (C=O) groups is 3. The van der Waals surface area contributed by atoms with Gasteiger partial charge in [-0.05, 0) is 43.0 Å². The molecule has 3 N–H and O–H groups in total. The standard InChI is InChI=1S/C20H24N2O7/c1-9(2)18(19(26)27)22-16(25)8-21-15(24)7-12-11(4)17-13(23)5-10(3)6-14(17)29-20(12)28/h5-6,9,18,23H,7-8H2,1-4H3,(H,21,24)(H,22,25)(H,26,27)/p-1/t18-/m0/s1. The van der Waals surface area contributed by atoms with Gasteiger partial charge in [0.2, 0.25) is 11.8 Å². The molecule has 0 bridgehead atoms. The number of aromatic hydroxyl groups is 1. The zero-order valence-electron chi connectivity index (χ0n) is 16.6. The lowest BCUT2D eigenvalue weighted by molar-refractivity contribution is -0.309. The molecule has 0 unspecified atom stereocenters. The summed E-state index contributed by atoms with van der Waals surface area (Å²) in [7, 11) is 0. The van der Waals surface area contributed by atoms with E-state index in [4.69, 9.17) is 4.42 Å². The predicted octanol–water partition coefficient (Wildman–Crippen LogP) is -0.335. The Hall–Kier alpha value is -3.36. The van der Waals surface area contributed by atoms with Crippen molar-refractivity contribution in [2.24, 2.45) is 5.92 Å². The minimum atomic E-state index is -1.42. The number of rotatable bonds is 7. The molecule has 9 nitrogen and oxygen atoms in total. The number of phenolic OH excluding ortho intramolecular Hbond substituents is 1. The summed E-state index contributed by atoms with van der Waals surface area (Å²) >= 11 is 0. The maximum Gasteiger partial charge on any atom is 0.340 e. The highest BCUT2D eigenvalue weighted by Gasteiger charge is 2.20. The SMILES string of the molecule is Cc1cc(O)c2c(C)c(CC(=O)NCC(=O)N[C@H](C(=O)[O-])C(C)C)c(=O)oc2c1. The van der Waals surface area contributed by atoms with Crippen LogP contribution in [0.4, 0.5) is 0 Å². The van der Waals surface area contributed by atoms with Gasteiger partial charge in [0.05, 0.1) is 35.9 Å². The van der Waals surface area contributed by atoms with E-state index in [1.165, 1.54) is 6.07 Å². The van der Waals surface area contributed by atoms with Crippen molar-refractivity contribution in [1.29, 1.82) is 0 Å². The quantitative estimate of drug-likeness (QED) is 0.536. The molecule has 2 amide bonds. The Balaban J connectivity index is 2.11. The molecule has 29 heavy (non-hydrogen) atoms. The van der Waals surface area contributed by atoms with Gasteiger partial charge in [-0.3, -0.25) is 9.59 Å². The summed E-state index contributed by atoms with van der Waals surface area (Å²) in [5.41, 5.74) is 0.687. The van der Waals surface area contributed by atoms with Crippen LogP contribution in [0.2, 0.25) is 0 Å². The maximum absolute atomic E-state index is 12.3. The van der Waals surface area contributed by atoms with E-state index in [0.717, 1.165) is 0 Å². The summed E-state index contributed by atoms with van der Waals surface area (Å²) < 4.78 is 5.22. The summed E-state index contributed by atoms with van der Waals surface area (Å²) in [6.07, 6.45) is -0.362. The van der Waals surface area contributed by atoms with Crippen LogP contribution in [0.25, 0.3) is 11.0 Å². The van der Waals surface area contributed by atoms with Crippen molar-refractivity contribution in [3.8, 4) is 5.75 Å². The van der Waals surface area contributed by atoms with E-state index in [1.807, 2.05) is 0 Å². The number of hydrogen-bond acceptors (Lipinski definition) is 7. The molecule has 1 atom stereocenters. The van der Waals surface area contributed by atoms with Crippen LogP contribution in [-0.2, 0) is 20.8 Å². The largest absolute Gasteiger partial charge is 0.548 e. The van der Waals surface area contributed by atoms with Gasteiger partial charge in [0.25, 0.3) is 0 Å². The first-order valence-electron chi connectivity index (χ1n) is 9.04. The molecule has 0 saturated carbocycles. The number of nitrogens with one attached hydrogen (secondary N) is 2. The minimum absolute atomic E-state index is 0.0596. The lowest BCUT2D eigenvalue weighted by atomic mass is 10.0. The number of aliphatic carboxylic acids is 1. The van der Waals surface area contributed by atoms with Crippen molar-refractivity contribution in [2.45, 2.75) is 40.2 Å². The first-order chi connectivity index (χ1) is 13.5. The molecule has 0 spiro atoms. The smallest absolute Gasteiger partial charge is 0.340 e. The Kier molecular flexibility index (Phi) is 6.63. The van der Waals surface area contributed by atoms with Gasteiger partial charge >= 0.3 is 5.63 Å². The lowest BCUT2D eigenvalue weighted by Gasteiger charge is -2.23. The van der Waals surface area contributed by atoms with Gasteiger partial charge in [0, 0.05) is 0 Å². The molecule has 1 aromatic carbocycles. The Morgan fingerprint density at radius 2 is 1.83 bits per heavy atom. The van der Waals surface area contributed by atoms with Gasteiger partial charge in [-0.2, -0.15) is 0 Å². The predicted molar refractivity (Wildman–Crippen MR) is 102 cm³/mol. The average molecular weight is 403 g/mol. The number of carboxylic acid groups (broad SMARTS) is 1. The van der Waals surface area contributed by atoms with Crippen LogP contribution in [0.15, 0.2) is 21.3 Å². The zero-order chi connectivity index (χ0) is 21.9. The van der Waals surface area contributed by atoms with Crippen molar-refractivity contribution < 1.29 is 29.0 Å². The second-order valence-electron chi connectivity index (χ2n) is 7.21. The fourth-order valence-electron chi connectivity index (χ4n) is 2.99. The van der Waals surface area contributed by atoms with Gasteiger partial charge in [0.1, 0.15) is 11.3 Å². The highest BCUT2D eigenvalue weighted by molar-refractivity contribution is 5.91. The van der Waals surface area contributed by atoms with Gasteiger partial charge in [-0.1, -0.05) is 13.8 Å². The van der Waals surface area contributed by atoms with E-state index in [2.05, 4.69) is 10.6 Å². The van der Waals surface area contributed by atoms with E-state index in [9.17, 15) is 29.4 Å². The van der Waals surface area contributed by atoms with Gasteiger partial charge in [-0.25, -0.2) is 4.79 Å². The number of phenols is 1. The van der Waals surface area contributed by atoms with Crippen LogP contribution in [0.3, 0.4) is 0 Å². The Morgan fingerprint density at radius 3 is 2.41 bits per heavy atom. The van der Waals surface area contributed by atoms with Crippen LogP contribution in [0.5, 0.6) is 5.75 Å². The van der Waals surface area contributed by atoms with Gasteiger partial charge in [-0.15, -0.1) is 0 Å². The number of benzene rings is 1. The van der Waals surface area contributed by atoms with Crippen LogP contribution < -0.4 is 21.4 Å². The summed E-state index contributed by atoms with van der Waals surface area (Å²) in [6.45, 7) is 6.09. The monoisotopic (exact) mass is 403 g/mol. The summed E-state index contributed by atoms with van der Waals surface area (Å²) in [5, 5.41) is 26.1. The molecule has 9 heteroatoms. The molecule has 1 heterocycles. The number of aryl methyl sites for hydroxylation is 2. The normalized spacial score (nSPS) is 12.0. The number of hydrogen-bond donors (Lipinski definition) is 3. The molecule has 1 aromatic heterocycles. The molecule has 0 aliphatic rings. The second kappa shape index (κ2) is 8.76. The van der Waals surface area contributed by atoms with Gasteiger partial charge < -0.3 is 30.1 Å². The number of carbonyl (C=O) groups excluding carboxylic acids is 3. The molecule has 156 valence electrons. The molecular formula is C20H23N2O7-. The third-order valence-corrected chi connectivity index (χ3v) is 4.52. The number of carboxylic acids is 1. The molecule has 0 radical (unpaired) electrons. The third-order valence-electron chi connectivity index (χ3n) is 4.52. The highest BCUT2D eigenvalue weighted by Crippen LogP contribution is 2.29. The molecule has 0 aliphatic carbocycles. The van der Waals surface area contributed by atoms with E-state index in [1.54, 1.807) is 33.8 Å². The van der Waals surface area contributed by atoms with Crippen LogP contribution in [0, 0.1) is 19.8 Å². The highest BCUT2D eigenvalue weighted by atomic mass is 16.4. The average Bonchev–Trinajstić information content (AvgIpc) is 2.60. The van der Waals surface area contributed by atoms with E-state index in [0.29, 0.717) is 16.5 Å². The minimum Gasteiger partial charge on any atom is -0.548 e. The molecule has 2 aromatic rings. The number of amides is 2. The van der Waals surface area contributed by atoms with Crippen LogP contribution in [0.1, 0.15) is 30.5 Å². The summed E-state index contributed by atoms with van der Waals surface area (Å²) in [4.78, 5) is 47.3. The molecule has 0 saturated heterocycles. The topological polar surface area (TPSA) is 149 Å². The second-order valence-corrected chi connectivity index (χ2v) is 7.21. The van der Waals surface area contributed by atoms with Gasteiger partial charge in [0.15, 0.2) is 0 Å². The first kappa shape index (κ1) is 21.9. The van der Waals surface area contributed by atoms with E-state index < -0.39 is 36.0 Å². The van der Waals surface area contributed by atoms with Crippen LogP contribution in [-0.4, -0.2) is 35.5 Å². The third kappa shape index (κ3) is 5.13. The molecule has 2 rings (SSSR count). The first-order valence-corrected chi connectivity index (χ1v) is 9.04. The van der Waals surface area contributed by atoms with Crippen molar-refractivity contribution in [3.63, 3.8) is 0 Å². The number of fused-ring (bicyclic) bond motifs is 1. The fraction of sp³-hybridized carbons (Fsp3) is 0.400. The van der Waals surface area contributed by atoms with Crippen molar-refractivity contribution >= 4 is 28.8 Å². The molecular weight excluding hydrogens is 380 g/mol. The Bertz CT molecular complexity index is 1020. The summed E-state index contributed by atoms with van der Waals surface area (Å²) in [5.74, 6) is -3.20. The van der Waals surface area contributed by atoms with E-state index >= 15 is 0 Å². The van der Waals surface area contributed by atoms with Crippen molar-refractivity contribution in [3.05, 3.63) is 39.2 Å².